The second-order valence-electron chi connectivity index (χ2n) is 4.86. The maximum absolute atomic E-state index is 14.4. The zero-order valence-electron chi connectivity index (χ0n) is 9.54. The van der Waals surface area contributed by atoms with Gasteiger partial charge in [-0.05, 0) is 31.5 Å². The maximum atomic E-state index is 14.4. The average molecular weight is 257 g/mol. The highest BCUT2D eigenvalue weighted by Gasteiger charge is 2.47. The lowest BCUT2D eigenvalue weighted by Crippen LogP contribution is -2.54. The summed E-state index contributed by atoms with van der Waals surface area (Å²) >= 11 is 5.85. The molecule has 3 rings (SSSR count). The maximum Gasteiger partial charge on any atom is 0.137 e. The summed E-state index contributed by atoms with van der Waals surface area (Å²) in [4.78, 5) is 4.23. The third-order valence-electron chi connectivity index (χ3n) is 3.58. The predicted molar refractivity (Wildman–Crippen MR) is 62.7 cm³/mol. The number of hydrogen-bond acceptors (Lipinski definition) is 3. The Labute approximate surface area is 104 Å². The van der Waals surface area contributed by atoms with Gasteiger partial charge in [-0.25, -0.2) is 9.37 Å². The van der Waals surface area contributed by atoms with Crippen molar-refractivity contribution in [2.75, 3.05) is 6.54 Å². The topological polar surface area (TPSA) is 34.2 Å². The molecule has 1 saturated heterocycles. The summed E-state index contributed by atoms with van der Waals surface area (Å²) in [5.74, 6) is 0. The van der Waals surface area contributed by atoms with Crippen LogP contribution >= 0.6 is 11.6 Å². The van der Waals surface area contributed by atoms with Crippen LogP contribution in [0.1, 0.15) is 30.6 Å². The van der Waals surface area contributed by atoms with Crippen molar-refractivity contribution >= 4 is 11.6 Å². The Balaban J connectivity index is 2.01. The molecule has 3 atom stereocenters. The van der Waals surface area contributed by atoms with Gasteiger partial charge in [0.15, 0.2) is 0 Å². The van der Waals surface area contributed by atoms with Gasteiger partial charge in [0.05, 0.1) is 18.3 Å². The van der Waals surface area contributed by atoms with E-state index < -0.39 is 11.8 Å². The minimum absolute atomic E-state index is 0.118. The lowest BCUT2D eigenvalue weighted by atomic mass is 9.82. The first-order chi connectivity index (χ1) is 8.08. The van der Waals surface area contributed by atoms with Gasteiger partial charge < -0.3 is 10.1 Å². The van der Waals surface area contributed by atoms with Crippen LogP contribution in [0.25, 0.3) is 0 Å². The van der Waals surface area contributed by atoms with Crippen molar-refractivity contribution in [1.29, 1.82) is 0 Å². The summed E-state index contributed by atoms with van der Waals surface area (Å²) in [5, 5.41) is 3.75. The van der Waals surface area contributed by atoms with Gasteiger partial charge >= 0.3 is 0 Å². The largest absolute Gasteiger partial charge is 0.367 e. The van der Waals surface area contributed by atoms with Gasteiger partial charge in [0.25, 0.3) is 0 Å². The number of fused-ring (bicyclic) bond motifs is 3. The monoisotopic (exact) mass is 256 g/mol. The van der Waals surface area contributed by atoms with Gasteiger partial charge in [0.2, 0.25) is 0 Å². The number of hydrogen-bond donors (Lipinski definition) is 1. The molecule has 1 N–H and O–H groups in total. The average Bonchev–Trinajstić information content (AvgIpc) is 2.27. The van der Waals surface area contributed by atoms with E-state index in [2.05, 4.69) is 10.3 Å². The highest BCUT2D eigenvalue weighted by molar-refractivity contribution is 6.29. The van der Waals surface area contributed by atoms with Crippen LogP contribution in [0.15, 0.2) is 12.1 Å². The Morgan fingerprint density at radius 3 is 3.24 bits per heavy atom. The molecule has 0 spiro atoms. The lowest BCUT2D eigenvalue weighted by Gasteiger charge is -2.44. The van der Waals surface area contributed by atoms with Crippen LogP contribution in [-0.4, -0.2) is 23.3 Å². The second kappa shape index (κ2) is 3.90. The van der Waals surface area contributed by atoms with Crippen molar-refractivity contribution in [1.82, 2.24) is 10.3 Å². The summed E-state index contributed by atoms with van der Waals surface area (Å²) in [6.07, 6.45) is 0.0385. The van der Waals surface area contributed by atoms with E-state index in [9.17, 15) is 4.39 Å². The number of alkyl halides is 1. The van der Waals surface area contributed by atoms with E-state index in [1.165, 1.54) is 0 Å². The number of pyridine rings is 1. The fraction of sp³-hybridized carbons (Fsp3) is 0.583. The number of halogens is 2. The van der Waals surface area contributed by atoms with Gasteiger partial charge in [-0.3, -0.25) is 0 Å². The Hall–Kier alpha value is -0.710. The smallest absolute Gasteiger partial charge is 0.137 e. The molecule has 0 bridgehead atoms. The normalized spacial score (nSPS) is 36.2. The molecule has 3 nitrogen and oxygen atoms in total. The number of aromatic nitrogens is 1. The van der Waals surface area contributed by atoms with Crippen molar-refractivity contribution in [3.8, 4) is 0 Å². The van der Waals surface area contributed by atoms with Crippen molar-refractivity contribution < 1.29 is 9.13 Å². The summed E-state index contributed by atoms with van der Waals surface area (Å²) in [6, 6.07) is 3.54. The van der Waals surface area contributed by atoms with Crippen molar-refractivity contribution in [3.63, 3.8) is 0 Å². The fourth-order valence-corrected chi connectivity index (χ4v) is 2.83. The van der Waals surface area contributed by atoms with Crippen LogP contribution in [0, 0.1) is 0 Å². The van der Waals surface area contributed by atoms with Crippen LogP contribution in [0.3, 0.4) is 0 Å². The van der Waals surface area contributed by atoms with Gasteiger partial charge in [-0.15, -0.1) is 0 Å². The first-order valence-corrected chi connectivity index (χ1v) is 6.15. The van der Waals surface area contributed by atoms with Gasteiger partial charge in [0.1, 0.15) is 16.9 Å². The molecule has 0 unspecified atom stereocenters. The molecule has 0 aromatic carbocycles. The van der Waals surface area contributed by atoms with Gasteiger partial charge in [-0.1, -0.05) is 17.7 Å². The van der Waals surface area contributed by atoms with Crippen molar-refractivity contribution in [2.45, 2.75) is 37.8 Å². The third-order valence-corrected chi connectivity index (χ3v) is 3.79. The van der Waals surface area contributed by atoms with Crippen molar-refractivity contribution in [3.05, 3.63) is 28.5 Å². The highest BCUT2D eigenvalue weighted by atomic mass is 35.5. The van der Waals surface area contributed by atoms with Crippen LogP contribution in [0.4, 0.5) is 4.39 Å². The number of nitrogens with one attached hydrogen (secondary N) is 1. The lowest BCUT2D eigenvalue weighted by molar-refractivity contribution is -0.109. The molecular weight excluding hydrogens is 243 g/mol. The van der Waals surface area contributed by atoms with Gasteiger partial charge in [-0.2, -0.15) is 0 Å². The molecule has 5 heteroatoms. The first kappa shape index (κ1) is 11.4. The van der Waals surface area contributed by atoms with E-state index in [-0.39, 0.29) is 6.04 Å². The molecule has 1 aromatic heterocycles. The zero-order chi connectivity index (χ0) is 12.0. The summed E-state index contributed by atoms with van der Waals surface area (Å²) < 4.78 is 20.0. The summed E-state index contributed by atoms with van der Waals surface area (Å²) in [7, 11) is 0. The molecule has 0 saturated carbocycles. The molecule has 2 aliphatic rings. The molecule has 1 aromatic rings. The molecule has 2 aliphatic heterocycles. The number of piperidine rings is 1. The van der Waals surface area contributed by atoms with E-state index in [1.54, 1.807) is 13.0 Å². The molecule has 92 valence electrons. The number of nitrogens with zero attached hydrogens (tertiary/aromatic N) is 1. The molecule has 3 heterocycles. The SMILES string of the molecule is C[C@]1(F)CCN[C@H]2c3ccc(Cl)nc3CO[C@H]21. The Kier molecular flexibility index (Phi) is 2.61. The van der Waals surface area contributed by atoms with Crippen molar-refractivity contribution in [2.24, 2.45) is 0 Å². The predicted octanol–water partition coefficient (Wildman–Crippen LogP) is 2.40. The van der Waals surface area contributed by atoms with Gasteiger partial charge in [0, 0.05) is 0 Å². The van der Waals surface area contributed by atoms with Crippen LogP contribution in [0.5, 0.6) is 0 Å². The third kappa shape index (κ3) is 1.84. The number of rotatable bonds is 0. The summed E-state index contributed by atoms with van der Waals surface area (Å²) in [6.45, 7) is 2.59. The minimum atomic E-state index is -1.28. The van der Waals surface area contributed by atoms with E-state index in [0.717, 1.165) is 11.3 Å². The Morgan fingerprint density at radius 2 is 2.41 bits per heavy atom. The highest BCUT2D eigenvalue weighted by Crippen LogP contribution is 2.40. The van der Waals surface area contributed by atoms with E-state index in [4.69, 9.17) is 16.3 Å². The molecular formula is C12H14ClFN2O. The van der Waals surface area contributed by atoms with Crippen LogP contribution < -0.4 is 5.32 Å². The Bertz CT molecular complexity index is 452. The molecule has 0 aliphatic carbocycles. The molecule has 1 fully saturated rings. The fourth-order valence-electron chi connectivity index (χ4n) is 2.66. The quantitative estimate of drug-likeness (QED) is 0.724. The first-order valence-electron chi connectivity index (χ1n) is 5.77. The second-order valence-corrected chi connectivity index (χ2v) is 5.25. The minimum Gasteiger partial charge on any atom is -0.367 e. The Morgan fingerprint density at radius 1 is 1.59 bits per heavy atom. The van der Waals surface area contributed by atoms with E-state index in [1.807, 2.05) is 6.07 Å². The molecule has 0 amide bonds. The van der Waals surface area contributed by atoms with Crippen LogP contribution in [-0.2, 0) is 11.3 Å². The standard InChI is InChI=1S/C12H14ClFN2O/c1-12(14)4-5-15-10-7-2-3-9(13)16-8(7)6-17-11(10)12/h2-3,10-11,15H,4-6H2,1H3/t10-,11+,12-/m0/s1. The number of ether oxygens (including phenoxy) is 1. The van der Waals surface area contributed by atoms with E-state index >= 15 is 0 Å². The molecule has 0 radical (unpaired) electrons. The van der Waals surface area contributed by atoms with E-state index in [0.29, 0.717) is 24.7 Å². The molecule has 17 heavy (non-hydrogen) atoms. The zero-order valence-corrected chi connectivity index (χ0v) is 10.3. The summed E-state index contributed by atoms with van der Waals surface area (Å²) in [5.41, 5.74) is 0.533. The van der Waals surface area contributed by atoms with Crippen LogP contribution in [0.2, 0.25) is 5.15 Å².